The maximum atomic E-state index is 12.7. The van der Waals surface area contributed by atoms with E-state index >= 15 is 0 Å². The average molecular weight is 419 g/mol. The summed E-state index contributed by atoms with van der Waals surface area (Å²) < 4.78 is 12.2. The van der Waals surface area contributed by atoms with Crippen molar-refractivity contribution >= 4 is 17.6 Å². The van der Waals surface area contributed by atoms with E-state index < -0.39 is 12.7 Å². The van der Waals surface area contributed by atoms with E-state index in [2.05, 4.69) is 25.0 Å². The number of anilines is 1. The molecule has 1 aliphatic carbocycles. The molecule has 0 bridgehead atoms. The molecule has 2 saturated heterocycles. The van der Waals surface area contributed by atoms with Gasteiger partial charge >= 0.3 is 0 Å². The van der Waals surface area contributed by atoms with Crippen LogP contribution in [-0.2, 0) is 4.79 Å². The molecule has 164 valence electrons. The largest absolute Gasteiger partial charge is 0.354 e. The number of pyridine rings is 1. The third-order valence-electron chi connectivity index (χ3n) is 6.55. The SMILES string of the molecule is O=C(NCF)c1ccc(N2CCN(CC(=O)N3CCN(C4CCC4)CC3)CC2)nc1. The van der Waals surface area contributed by atoms with E-state index in [1.54, 1.807) is 12.1 Å². The number of carbonyl (C=O) groups is 2. The molecule has 4 rings (SSSR count). The standard InChI is InChI=1S/C21H31FN6O2/c22-16-24-21(30)17-4-5-19(23-14-17)27-8-6-25(7-9-27)15-20(29)28-12-10-26(11-13-28)18-2-1-3-18/h4-5,14,18H,1-3,6-13,15-16H2,(H,24,30). The monoisotopic (exact) mass is 418 g/mol. The number of aromatic nitrogens is 1. The van der Waals surface area contributed by atoms with Crippen LogP contribution < -0.4 is 10.2 Å². The highest BCUT2D eigenvalue weighted by Gasteiger charge is 2.30. The Labute approximate surface area is 177 Å². The van der Waals surface area contributed by atoms with E-state index in [-0.39, 0.29) is 5.91 Å². The Bertz CT molecular complexity index is 726. The number of nitrogens with zero attached hydrogens (tertiary/aromatic N) is 5. The molecule has 1 saturated carbocycles. The highest BCUT2D eigenvalue weighted by molar-refractivity contribution is 5.93. The molecule has 3 aliphatic rings. The van der Waals surface area contributed by atoms with Crippen molar-refractivity contribution in [1.82, 2.24) is 25.0 Å². The van der Waals surface area contributed by atoms with Crippen LogP contribution in [0.15, 0.2) is 18.3 Å². The van der Waals surface area contributed by atoms with Crippen LogP contribution in [-0.4, -0.2) is 103 Å². The molecular weight excluding hydrogens is 387 g/mol. The molecule has 2 aliphatic heterocycles. The van der Waals surface area contributed by atoms with Crippen molar-refractivity contribution in [2.75, 3.05) is 70.6 Å². The number of hydrogen-bond acceptors (Lipinski definition) is 6. The molecular formula is C21H31FN6O2. The van der Waals surface area contributed by atoms with Crippen molar-refractivity contribution in [3.63, 3.8) is 0 Å². The highest BCUT2D eigenvalue weighted by atomic mass is 19.1. The Balaban J connectivity index is 1.20. The minimum atomic E-state index is -0.891. The lowest BCUT2D eigenvalue weighted by Gasteiger charge is -2.43. The molecule has 0 radical (unpaired) electrons. The zero-order valence-electron chi connectivity index (χ0n) is 17.4. The predicted molar refractivity (Wildman–Crippen MR) is 112 cm³/mol. The molecule has 3 heterocycles. The second-order valence-corrected chi connectivity index (χ2v) is 8.31. The summed E-state index contributed by atoms with van der Waals surface area (Å²) in [5.41, 5.74) is 0.345. The van der Waals surface area contributed by atoms with Crippen molar-refractivity contribution in [3.8, 4) is 0 Å². The first-order chi connectivity index (χ1) is 14.6. The summed E-state index contributed by atoms with van der Waals surface area (Å²) in [6.07, 6.45) is 5.46. The van der Waals surface area contributed by atoms with Crippen LogP contribution in [0.5, 0.6) is 0 Å². The molecule has 0 spiro atoms. The molecule has 1 N–H and O–H groups in total. The van der Waals surface area contributed by atoms with Gasteiger partial charge in [0.1, 0.15) is 5.82 Å². The lowest BCUT2D eigenvalue weighted by atomic mass is 9.91. The zero-order valence-corrected chi connectivity index (χ0v) is 17.4. The summed E-state index contributed by atoms with van der Waals surface area (Å²) in [4.78, 5) is 37.6. The van der Waals surface area contributed by atoms with E-state index in [1.807, 2.05) is 4.90 Å². The predicted octanol–water partition coefficient (Wildman–Crippen LogP) is 0.557. The summed E-state index contributed by atoms with van der Waals surface area (Å²) in [7, 11) is 0. The molecule has 3 fully saturated rings. The average Bonchev–Trinajstić information content (AvgIpc) is 2.74. The summed E-state index contributed by atoms with van der Waals surface area (Å²) in [6, 6.07) is 4.21. The second-order valence-electron chi connectivity index (χ2n) is 8.31. The van der Waals surface area contributed by atoms with Crippen LogP contribution in [0.3, 0.4) is 0 Å². The molecule has 0 unspecified atom stereocenters. The van der Waals surface area contributed by atoms with Crippen LogP contribution in [0, 0.1) is 0 Å². The van der Waals surface area contributed by atoms with E-state index in [1.165, 1.54) is 25.5 Å². The zero-order chi connectivity index (χ0) is 20.9. The number of rotatable bonds is 6. The van der Waals surface area contributed by atoms with Gasteiger partial charge in [0.2, 0.25) is 5.91 Å². The number of nitrogens with one attached hydrogen (secondary N) is 1. The molecule has 1 aromatic heterocycles. The molecule has 0 atom stereocenters. The summed E-state index contributed by atoms with van der Waals surface area (Å²) in [5, 5.41) is 2.12. The maximum Gasteiger partial charge on any atom is 0.254 e. The Hall–Kier alpha value is -2.26. The fourth-order valence-electron chi connectivity index (χ4n) is 4.38. The molecule has 30 heavy (non-hydrogen) atoms. The van der Waals surface area contributed by atoms with Crippen LogP contribution in [0.4, 0.5) is 10.2 Å². The van der Waals surface area contributed by atoms with Crippen LogP contribution in [0.25, 0.3) is 0 Å². The lowest BCUT2D eigenvalue weighted by Crippen LogP contribution is -2.56. The number of piperazine rings is 2. The van der Waals surface area contributed by atoms with Gasteiger partial charge in [0, 0.05) is 64.6 Å². The van der Waals surface area contributed by atoms with Crippen molar-refractivity contribution < 1.29 is 14.0 Å². The topological polar surface area (TPSA) is 72.0 Å². The van der Waals surface area contributed by atoms with Gasteiger partial charge < -0.3 is 15.1 Å². The molecule has 1 aromatic rings. The summed E-state index contributed by atoms with van der Waals surface area (Å²) in [6.45, 7) is 6.48. The summed E-state index contributed by atoms with van der Waals surface area (Å²) in [5.74, 6) is 0.566. The Kier molecular flexibility index (Phi) is 6.79. The van der Waals surface area contributed by atoms with Gasteiger partial charge in [0.15, 0.2) is 6.80 Å². The van der Waals surface area contributed by atoms with Gasteiger partial charge in [-0.25, -0.2) is 9.37 Å². The van der Waals surface area contributed by atoms with Crippen LogP contribution in [0.1, 0.15) is 29.6 Å². The van der Waals surface area contributed by atoms with E-state index in [4.69, 9.17) is 0 Å². The number of carbonyl (C=O) groups excluding carboxylic acids is 2. The smallest absolute Gasteiger partial charge is 0.254 e. The van der Waals surface area contributed by atoms with Crippen molar-refractivity contribution in [2.45, 2.75) is 25.3 Å². The highest BCUT2D eigenvalue weighted by Crippen LogP contribution is 2.25. The Morgan fingerprint density at radius 3 is 2.33 bits per heavy atom. The normalized spacial score (nSPS) is 21.4. The molecule has 2 amide bonds. The van der Waals surface area contributed by atoms with E-state index in [9.17, 15) is 14.0 Å². The first-order valence-corrected chi connectivity index (χ1v) is 10.9. The molecule has 9 heteroatoms. The van der Waals surface area contributed by atoms with E-state index in [0.717, 1.165) is 64.2 Å². The number of amides is 2. The van der Waals surface area contributed by atoms with Gasteiger partial charge in [-0.3, -0.25) is 19.4 Å². The minimum absolute atomic E-state index is 0.234. The second kappa shape index (κ2) is 9.70. The Morgan fingerprint density at radius 2 is 1.77 bits per heavy atom. The number of alkyl halides is 1. The van der Waals surface area contributed by atoms with Gasteiger partial charge in [0.25, 0.3) is 5.91 Å². The van der Waals surface area contributed by atoms with Gasteiger partial charge in [-0.2, -0.15) is 0 Å². The first kappa shape index (κ1) is 21.0. The summed E-state index contributed by atoms with van der Waals surface area (Å²) >= 11 is 0. The van der Waals surface area contributed by atoms with Crippen molar-refractivity contribution in [3.05, 3.63) is 23.9 Å². The Morgan fingerprint density at radius 1 is 1.03 bits per heavy atom. The van der Waals surface area contributed by atoms with Crippen molar-refractivity contribution in [1.29, 1.82) is 0 Å². The fraction of sp³-hybridized carbons (Fsp3) is 0.667. The molecule has 8 nitrogen and oxygen atoms in total. The number of halogens is 1. The van der Waals surface area contributed by atoms with Gasteiger partial charge in [0.05, 0.1) is 12.1 Å². The van der Waals surface area contributed by atoms with Crippen molar-refractivity contribution in [2.24, 2.45) is 0 Å². The maximum absolute atomic E-state index is 12.7. The minimum Gasteiger partial charge on any atom is -0.354 e. The van der Waals surface area contributed by atoms with Gasteiger partial charge in [-0.1, -0.05) is 6.42 Å². The lowest BCUT2D eigenvalue weighted by molar-refractivity contribution is -0.134. The number of hydrogen-bond donors (Lipinski definition) is 1. The van der Waals surface area contributed by atoms with Crippen LogP contribution in [0.2, 0.25) is 0 Å². The quantitative estimate of drug-likeness (QED) is 0.681. The molecule has 0 aromatic carbocycles. The van der Waals surface area contributed by atoms with Gasteiger partial charge in [-0.15, -0.1) is 0 Å². The van der Waals surface area contributed by atoms with Gasteiger partial charge in [-0.05, 0) is 25.0 Å². The third kappa shape index (κ3) is 4.89. The third-order valence-corrected chi connectivity index (χ3v) is 6.55. The first-order valence-electron chi connectivity index (χ1n) is 10.9. The van der Waals surface area contributed by atoms with Crippen LogP contribution >= 0.6 is 0 Å². The fourth-order valence-corrected chi connectivity index (χ4v) is 4.38. The van der Waals surface area contributed by atoms with E-state index in [0.29, 0.717) is 12.1 Å².